The summed E-state index contributed by atoms with van der Waals surface area (Å²) in [6, 6.07) is 4.97. The summed E-state index contributed by atoms with van der Waals surface area (Å²) in [7, 11) is -3.26. The Morgan fingerprint density at radius 2 is 1.87 bits per heavy atom. The maximum absolute atomic E-state index is 11.7. The van der Waals surface area contributed by atoms with E-state index in [1.807, 2.05) is 6.92 Å². The number of hydrogen-bond acceptors (Lipinski definition) is 5. The van der Waals surface area contributed by atoms with Gasteiger partial charge in [-0.25, -0.2) is 13.2 Å². The van der Waals surface area contributed by atoms with Crippen molar-refractivity contribution in [1.82, 2.24) is 5.32 Å². The SMILES string of the molecule is CCCC(NC(=O)CCOc1ccc(S(C)(=O)=O)cc1)C(=O)O. The topological polar surface area (TPSA) is 110 Å². The van der Waals surface area contributed by atoms with Crippen LogP contribution in [0.25, 0.3) is 0 Å². The molecule has 0 saturated carbocycles. The highest BCUT2D eigenvalue weighted by Gasteiger charge is 2.18. The molecule has 2 N–H and O–H groups in total. The number of nitrogens with one attached hydrogen (secondary N) is 1. The Bertz CT molecular complexity index is 638. The van der Waals surface area contributed by atoms with Gasteiger partial charge in [0.15, 0.2) is 9.84 Å². The summed E-state index contributed by atoms with van der Waals surface area (Å²) in [4.78, 5) is 22.8. The van der Waals surface area contributed by atoms with Gasteiger partial charge in [0.25, 0.3) is 0 Å². The van der Waals surface area contributed by atoms with E-state index in [0.29, 0.717) is 18.6 Å². The molecule has 0 fully saturated rings. The molecule has 0 aromatic heterocycles. The third kappa shape index (κ3) is 6.68. The quantitative estimate of drug-likeness (QED) is 0.698. The minimum absolute atomic E-state index is 0.0152. The standard InChI is InChI=1S/C15H21NO6S/c1-3-4-13(15(18)19)16-14(17)9-10-22-11-5-7-12(8-6-11)23(2,20)21/h5-8,13H,3-4,9-10H2,1-2H3,(H,16,17)(H,18,19). The lowest BCUT2D eigenvalue weighted by Crippen LogP contribution is -2.41. The molecule has 1 aromatic rings. The van der Waals surface area contributed by atoms with E-state index in [0.717, 1.165) is 6.26 Å². The number of benzene rings is 1. The number of aliphatic carboxylic acids is 1. The van der Waals surface area contributed by atoms with Gasteiger partial charge in [0.2, 0.25) is 5.91 Å². The minimum Gasteiger partial charge on any atom is -0.493 e. The molecule has 0 aliphatic carbocycles. The number of hydrogen-bond donors (Lipinski definition) is 2. The molecule has 0 aliphatic rings. The van der Waals surface area contributed by atoms with Crippen LogP contribution in [0.5, 0.6) is 5.75 Å². The van der Waals surface area contributed by atoms with Gasteiger partial charge in [0, 0.05) is 6.26 Å². The highest BCUT2D eigenvalue weighted by molar-refractivity contribution is 7.90. The number of sulfone groups is 1. The summed E-state index contributed by atoms with van der Waals surface area (Å²) in [6.45, 7) is 1.91. The number of amides is 1. The smallest absolute Gasteiger partial charge is 0.326 e. The maximum atomic E-state index is 11.7. The van der Waals surface area contributed by atoms with Crippen LogP contribution in [0, 0.1) is 0 Å². The van der Waals surface area contributed by atoms with Gasteiger partial charge < -0.3 is 15.2 Å². The number of carboxylic acids is 1. The summed E-state index contributed by atoms with van der Waals surface area (Å²) in [5.41, 5.74) is 0. The van der Waals surface area contributed by atoms with E-state index in [2.05, 4.69) is 5.32 Å². The van der Waals surface area contributed by atoms with Gasteiger partial charge in [-0.2, -0.15) is 0 Å². The number of ether oxygens (including phenoxy) is 1. The Hall–Kier alpha value is -2.09. The maximum Gasteiger partial charge on any atom is 0.326 e. The van der Waals surface area contributed by atoms with Crippen LogP contribution in [0.1, 0.15) is 26.2 Å². The average Bonchev–Trinajstić information content (AvgIpc) is 2.46. The van der Waals surface area contributed by atoms with E-state index < -0.39 is 27.8 Å². The fraction of sp³-hybridized carbons (Fsp3) is 0.467. The van der Waals surface area contributed by atoms with Gasteiger partial charge in [-0.15, -0.1) is 0 Å². The number of carboxylic acid groups (broad SMARTS) is 1. The lowest BCUT2D eigenvalue weighted by Gasteiger charge is -2.13. The van der Waals surface area contributed by atoms with E-state index in [4.69, 9.17) is 9.84 Å². The van der Waals surface area contributed by atoms with Gasteiger partial charge in [0.05, 0.1) is 17.9 Å². The van der Waals surface area contributed by atoms with Gasteiger partial charge in [-0.3, -0.25) is 4.79 Å². The van der Waals surface area contributed by atoms with E-state index in [1.54, 1.807) is 0 Å². The Labute approximate surface area is 135 Å². The average molecular weight is 343 g/mol. The van der Waals surface area contributed by atoms with Crippen LogP contribution < -0.4 is 10.1 Å². The van der Waals surface area contributed by atoms with E-state index >= 15 is 0 Å². The third-order valence-corrected chi connectivity index (χ3v) is 4.19. The molecule has 23 heavy (non-hydrogen) atoms. The van der Waals surface area contributed by atoms with Crippen LogP contribution in [-0.4, -0.2) is 44.3 Å². The van der Waals surface area contributed by atoms with Crippen LogP contribution in [0.4, 0.5) is 0 Å². The Morgan fingerprint density at radius 1 is 1.26 bits per heavy atom. The van der Waals surface area contributed by atoms with E-state index in [9.17, 15) is 18.0 Å². The Kier molecular flexibility index (Phi) is 7.02. The summed E-state index contributed by atoms with van der Waals surface area (Å²) >= 11 is 0. The molecular formula is C15H21NO6S. The second kappa shape index (κ2) is 8.52. The highest BCUT2D eigenvalue weighted by atomic mass is 32.2. The zero-order chi connectivity index (χ0) is 17.5. The second-order valence-corrected chi connectivity index (χ2v) is 7.10. The molecule has 1 unspecified atom stereocenters. The first kappa shape index (κ1) is 19.0. The summed E-state index contributed by atoms with van der Waals surface area (Å²) in [5.74, 6) is -1.02. The molecule has 0 spiro atoms. The third-order valence-electron chi connectivity index (χ3n) is 3.06. The first-order chi connectivity index (χ1) is 10.7. The first-order valence-electron chi connectivity index (χ1n) is 7.19. The van der Waals surface area contributed by atoms with Crippen molar-refractivity contribution in [3.8, 4) is 5.75 Å². The molecule has 0 heterocycles. The van der Waals surface area contributed by atoms with Crippen molar-refractivity contribution < 1.29 is 27.9 Å². The second-order valence-electron chi connectivity index (χ2n) is 5.09. The van der Waals surface area contributed by atoms with Gasteiger partial charge in [-0.1, -0.05) is 13.3 Å². The molecule has 8 heteroatoms. The molecule has 1 amide bonds. The first-order valence-corrected chi connectivity index (χ1v) is 9.08. The number of carbonyl (C=O) groups excluding carboxylic acids is 1. The molecule has 0 radical (unpaired) electrons. The van der Waals surface area contributed by atoms with Gasteiger partial charge in [-0.05, 0) is 30.7 Å². The van der Waals surface area contributed by atoms with Crippen molar-refractivity contribution >= 4 is 21.7 Å². The largest absolute Gasteiger partial charge is 0.493 e. The molecular weight excluding hydrogens is 322 g/mol. The molecule has 0 aliphatic heterocycles. The number of carbonyl (C=O) groups is 2. The van der Waals surface area contributed by atoms with E-state index in [-0.39, 0.29) is 17.9 Å². The fourth-order valence-electron chi connectivity index (χ4n) is 1.86. The van der Waals surface area contributed by atoms with Crippen LogP contribution in [0.15, 0.2) is 29.2 Å². The van der Waals surface area contributed by atoms with E-state index in [1.165, 1.54) is 24.3 Å². The Morgan fingerprint density at radius 3 is 2.35 bits per heavy atom. The monoisotopic (exact) mass is 343 g/mol. The molecule has 1 aromatic carbocycles. The van der Waals surface area contributed by atoms with Crippen molar-refractivity contribution in [2.45, 2.75) is 37.1 Å². The van der Waals surface area contributed by atoms with Crippen molar-refractivity contribution in [3.63, 3.8) is 0 Å². The van der Waals surface area contributed by atoms with Crippen molar-refractivity contribution in [3.05, 3.63) is 24.3 Å². The number of rotatable bonds is 9. The minimum atomic E-state index is -3.26. The van der Waals surface area contributed by atoms with Crippen LogP contribution >= 0.6 is 0 Å². The molecule has 0 saturated heterocycles. The molecule has 0 bridgehead atoms. The predicted molar refractivity (Wildman–Crippen MR) is 84.1 cm³/mol. The molecule has 1 rings (SSSR count). The lowest BCUT2D eigenvalue weighted by molar-refractivity contribution is -0.142. The normalized spacial score (nSPS) is 12.4. The van der Waals surface area contributed by atoms with Crippen LogP contribution in [0.3, 0.4) is 0 Å². The van der Waals surface area contributed by atoms with Crippen molar-refractivity contribution in [2.24, 2.45) is 0 Å². The fourth-order valence-corrected chi connectivity index (χ4v) is 2.49. The van der Waals surface area contributed by atoms with Gasteiger partial charge >= 0.3 is 5.97 Å². The molecule has 128 valence electrons. The predicted octanol–water partition coefficient (Wildman–Crippen LogP) is 1.23. The molecule has 1 atom stereocenters. The zero-order valence-corrected chi connectivity index (χ0v) is 13.9. The molecule has 7 nitrogen and oxygen atoms in total. The zero-order valence-electron chi connectivity index (χ0n) is 13.1. The van der Waals surface area contributed by atoms with Crippen LogP contribution in [-0.2, 0) is 19.4 Å². The summed E-state index contributed by atoms with van der Waals surface area (Å²) in [5, 5.41) is 11.4. The lowest BCUT2D eigenvalue weighted by atomic mass is 10.1. The van der Waals surface area contributed by atoms with Crippen LogP contribution in [0.2, 0.25) is 0 Å². The van der Waals surface area contributed by atoms with Gasteiger partial charge in [0.1, 0.15) is 11.8 Å². The van der Waals surface area contributed by atoms with Crippen molar-refractivity contribution in [1.29, 1.82) is 0 Å². The van der Waals surface area contributed by atoms with Crippen molar-refractivity contribution in [2.75, 3.05) is 12.9 Å². The summed E-state index contributed by atoms with van der Waals surface area (Å²) < 4.78 is 28.0. The summed E-state index contributed by atoms with van der Waals surface area (Å²) in [6.07, 6.45) is 2.15. The Balaban J connectivity index is 2.44. The highest BCUT2D eigenvalue weighted by Crippen LogP contribution is 2.15.